The average molecular weight is 381 g/mol. The van der Waals surface area contributed by atoms with E-state index in [9.17, 15) is 0 Å². The highest BCUT2D eigenvalue weighted by Crippen LogP contribution is 2.29. The Morgan fingerprint density at radius 2 is 1.67 bits per heavy atom. The van der Waals surface area contributed by atoms with Gasteiger partial charge in [0.25, 0.3) is 0 Å². The smallest absolute Gasteiger partial charge is 0.225 e. The predicted molar refractivity (Wildman–Crippen MR) is 115 cm³/mol. The molecule has 3 aromatic rings. The minimum atomic E-state index is 0.294. The summed E-state index contributed by atoms with van der Waals surface area (Å²) in [5.41, 5.74) is 5.11. The topological polar surface area (TPSA) is 49.8 Å². The maximum atomic E-state index is 6.17. The van der Waals surface area contributed by atoms with Crippen LogP contribution in [0, 0.1) is 13.8 Å². The van der Waals surface area contributed by atoms with Crippen molar-refractivity contribution in [2.75, 3.05) is 10.6 Å². The largest absolute Gasteiger partial charge is 0.352 e. The zero-order valence-electron chi connectivity index (χ0n) is 16.2. The van der Waals surface area contributed by atoms with Crippen LogP contribution in [0.15, 0.2) is 48.5 Å². The van der Waals surface area contributed by atoms with Crippen LogP contribution in [0.1, 0.15) is 31.4 Å². The van der Waals surface area contributed by atoms with E-state index in [1.807, 2.05) is 50.2 Å². The number of rotatable bonds is 6. The van der Waals surface area contributed by atoms with Gasteiger partial charge >= 0.3 is 0 Å². The van der Waals surface area contributed by atoms with E-state index in [0.29, 0.717) is 12.0 Å². The van der Waals surface area contributed by atoms with E-state index >= 15 is 0 Å². The fourth-order valence-electron chi connectivity index (χ4n) is 2.89. The fourth-order valence-corrected chi connectivity index (χ4v) is 3.22. The van der Waals surface area contributed by atoms with E-state index in [2.05, 4.69) is 41.6 Å². The van der Waals surface area contributed by atoms with Gasteiger partial charge in [-0.05, 0) is 50.5 Å². The molecule has 0 radical (unpaired) electrons. The van der Waals surface area contributed by atoms with Crippen molar-refractivity contribution in [2.45, 2.75) is 40.2 Å². The molecule has 1 heterocycles. The maximum absolute atomic E-state index is 6.17. The third-order valence-electron chi connectivity index (χ3n) is 4.53. The van der Waals surface area contributed by atoms with Gasteiger partial charge in [0, 0.05) is 28.4 Å². The molecule has 0 fully saturated rings. The molecule has 0 saturated heterocycles. The molecule has 0 unspecified atom stereocenters. The van der Waals surface area contributed by atoms with E-state index < -0.39 is 0 Å². The molecule has 1 aromatic heterocycles. The molecule has 5 heteroatoms. The van der Waals surface area contributed by atoms with Crippen LogP contribution in [-0.4, -0.2) is 16.0 Å². The summed E-state index contributed by atoms with van der Waals surface area (Å²) in [5.74, 6) is 1.38. The highest BCUT2D eigenvalue weighted by Gasteiger charge is 2.11. The van der Waals surface area contributed by atoms with Gasteiger partial charge < -0.3 is 10.6 Å². The molecule has 4 nitrogen and oxygen atoms in total. The second kappa shape index (κ2) is 8.40. The molecule has 0 bridgehead atoms. The number of aryl methyl sites for hydroxylation is 2. The summed E-state index contributed by atoms with van der Waals surface area (Å²) in [6.45, 7) is 8.34. The minimum Gasteiger partial charge on any atom is -0.352 e. The van der Waals surface area contributed by atoms with Crippen molar-refractivity contribution < 1.29 is 0 Å². The van der Waals surface area contributed by atoms with Gasteiger partial charge in [-0.15, -0.1) is 0 Å². The van der Waals surface area contributed by atoms with Gasteiger partial charge in [-0.3, -0.25) is 0 Å². The lowest BCUT2D eigenvalue weighted by Crippen LogP contribution is -2.16. The quantitative estimate of drug-likeness (QED) is 0.521. The van der Waals surface area contributed by atoms with E-state index in [0.717, 1.165) is 45.3 Å². The first-order valence-electron chi connectivity index (χ1n) is 9.21. The first-order valence-corrected chi connectivity index (χ1v) is 9.59. The second-order valence-corrected chi connectivity index (χ2v) is 7.26. The standard InChI is InChI=1S/C22H25ClN4/c1-5-16(4)24-22-25-19(17-9-7-6-8-10-17)13-20(27-22)26-21-14(2)11-18(23)12-15(21)3/h6-13,16H,5H2,1-4H3,(H2,24,25,26,27)/t16-/m0/s1. The van der Waals surface area contributed by atoms with Crippen LogP contribution >= 0.6 is 11.6 Å². The summed E-state index contributed by atoms with van der Waals surface area (Å²) in [7, 11) is 0. The predicted octanol–water partition coefficient (Wildman–Crippen LogP) is 6.37. The minimum absolute atomic E-state index is 0.294. The molecule has 3 rings (SSSR count). The molecule has 0 saturated carbocycles. The van der Waals surface area contributed by atoms with Crippen LogP contribution in [0.25, 0.3) is 11.3 Å². The lowest BCUT2D eigenvalue weighted by molar-refractivity contribution is 0.753. The number of hydrogen-bond acceptors (Lipinski definition) is 4. The molecule has 2 aromatic carbocycles. The van der Waals surface area contributed by atoms with Crippen LogP contribution in [0.4, 0.5) is 17.5 Å². The Morgan fingerprint density at radius 3 is 2.30 bits per heavy atom. The number of anilines is 3. The van der Waals surface area contributed by atoms with Gasteiger partial charge in [-0.25, -0.2) is 4.98 Å². The third kappa shape index (κ3) is 4.77. The fraction of sp³-hybridized carbons (Fsp3) is 0.273. The lowest BCUT2D eigenvalue weighted by atomic mass is 10.1. The molecule has 27 heavy (non-hydrogen) atoms. The molecule has 0 aliphatic rings. The van der Waals surface area contributed by atoms with Gasteiger partial charge in [-0.1, -0.05) is 48.9 Å². The number of benzene rings is 2. The van der Waals surface area contributed by atoms with Gasteiger partial charge in [0.2, 0.25) is 5.95 Å². The van der Waals surface area contributed by atoms with Gasteiger partial charge in [-0.2, -0.15) is 4.98 Å². The number of halogens is 1. The third-order valence-corrected chi connectivity index (χ3v) is 4.75. The molecule has 0 aliphatic carbocycles. The van der Waals surface area contributed by atoms with Crippen molar-refractivity contribution >= 4 is 29.1 Å². The maximum Gasteiger partial charge on any atom is 0.225 e. The normalized spacial score (nSPS) is 11.9. The van der Waals surface area contributed by atoms with E-state index in [4.69, 9.17) is 16.6 Å². The van der Waals surface area contributed by atoms with Gasteiger partial charge in [0.05, 0.1) is 5.69 Å². The highest BCUT2D eigenvalue weighted by atomic mass is 35.5. The van der Waals surface area contributed by atoms with Crippen molar-refractivity contribution in [3.8, 4) is 11.3 Å². The van der Waals surface area contributed by atoms with Crippen LogP contribution in [0.5, 0.6) is 0 Å². The molecule has 1 atom stereocenters. The zero-order chi connectivity index (χ0) is 19.4. The Kier molecular flexibility index (Phi) is 5.97. The van der Waals surface area contributed by atoms with E-state index in [1.54, 1.807) is 0 Å². The van der Waals surface area contributed by atoms with Crippen LogP contribution < -0.4 is 10.6 Å². The van der Waals surface area contributed by atoms with Crippen LogP contribution in [-0.2, 0) is 0 Å². The lowest BCUT2D eigenvalue weighted by Gasteiger charge is -2.16. The molecule has 0 amide bonds. The van der Waals surface area contributed by atoms with Crippen LogP contribution in [0.2, 0.25) is 5.02 Å². The summed E-state index contributed by atoms with van der Waals surface area (Å²) in [5, 5.41) is 7.58. The monoisotopic (exact) mass is 380 g/mol. The van der Waals surface area contributed by atoms with Crippen molar-refractivity contribution in [1.82, 2.24) is 9.97 Å². The second-order valence-electron chi connectivity index (χ2n) is 6.82. The summed E-state index contributed by atoms with van der Waals surface area (Å²) >= 11 is 6.17. The highest BCUT2D eigenvalue weighted by molar-refractivity contribution is 6.30. The summed E-state index contributed by atoms with van der Waals surface area (Å²) < 4.78 is 0. The molecule has 2 N–H and O–H groups in total. The Balaban J connectivity index is 2.02. The molecule has 0 aliphatic heterocycles. The molecular weight excluding hydrogens is 356 g/mol. The van der Waals surface area contributed by atoms with Crippen molar-refractivity contribution in [1.29, 1.82) is 0 Å². The molecule has 0 spiro atoms. The average Bonchev–Trinajstić information content (AvgIpc) is 2.65. The first kappa shape index (κ1) is 19.2. The zero-order valence-corrected chi connectivity index (χ0v) is 16.9. The summed E-state index contributed by atoms with van der Waals surface area (Å²) in [6, 6.07) is 16.3. The van der Waals surface area contributed by atoms with Crippen molar-refractivity contribution in [3.63, 3.8) is 0 Å². The van der Waals surface area contributed by atoms with Crippen molar-refractivity contribution in [3.05, 3.63) is 64.7 Å². The Hall–Kier alpha value is -2.59. The Labute approximate surface area is 166 Å². The molecule has 140 valence electrons. The number of nitrogens with one attached hydrogen (secondary N) is 2. The van der Waals surface area contributed by atoms with Gasteiger partial charge in [0.15, 0.2) is 0 Å². The number of hydrogen-bond donors (Lipinski definition) is 2. The molecular formula is C22H25ClN4. The van der Waals surface area contributed by atoms with Gasteiger partial charge in [0.1, 0.15) is 5.82 Å². The number of aromatic nitrogens is 2. The van der Waals surface area contributed by atoms with Crippen LogP contribution in [0.3, 0.4) is 0 Å². The number of nitrogens with zero attached hydrogens (tertiary/aromatic N) is 2. The van der Waals surface area contributed by atoms with Crippen molar-refractivity contribution in [2.24, 2.45) is 0 Å². The summed E-state index contributed by atoms with van der Waals surface area (Å²) in [6.07, 6.45) is 0.997. The SMILES string of the molecule is CC[C@H](C)Nc1nc(Nc2c(C)cc(Cl)cc2C)cc(-c2ccccc2)n1. The Bertz CT molecular complexity index is 902. The summed E-state index contributed by atoms with van der Waals surface area (Å²) in [4.78, 5) is 9.39. The van der Waals surface area contributed by atoms with E-state index in [1.165, 1.54) is 0 Å². The van der Waals surface area contributed by atoms with E-state index in [-0.39, 0.29) is 0 Å². The first-order chi connectivity index (χ1) is 13.0. The Morgan fingerprint density at radius 1 is 1.00 bits per heavy atom.